The van der Waals surface area contributed by atoms with E-state index in [0.717, 1.165) is 18.5 Å². The standard InChI is InChI=1S/C10H7ClO2S.C4H11N/c11-14(12,13)10-7-3-5-8-4-1-2-6-9(8)10;1-3-5-4-2/h1-7H;5H,3-4H2,1-2H3. The molecule has 3 nitrogen and oxygen atoms in total. The van der Waals surface area contributed by atoms with Gasteiger partial charge in [0.25, 0.3) is 9.05 Å². The maximum absolute atomic E-state index is 11.2. The lowest BCUT2D eigenvalue weighted by molar-refractivity contribution is 0.610. The molecule has 0 aliphatic rings. The second kappa shape index (κ2) is 7.48. The summed E-state index contributed by atoms with van der Waals surface area (Å²) in [5, 5.41) is 4.64. The molecule has 0 saturated carbocycles. The average Bonchev–Trinajstić information content (AvgIpc) is 2.39. The van der Waals surface area contributed by atoms with Gasteiger partial charge in [0.15, 0.2) is 0 Å². The topological polar surface area (TPSA) is 46.2 Å². The van der Waals surface area contributed by atoms with Gasteiger partial charge in [0.05, 0.1) is 4.90 Å². The van der Waals surface area contributed by atoms with E-state index in [1.54, 1.807) is 18.2 Å². The van der Waals surface area contributed by atoms with Gasteiger partial charge in [0.1, 0.15) is 0 Å². The van der Waals surface area contributed by atoms with Crippen molar-refractivity contribution in [1.82, 2.24) is 5.32 Å². The third-order valence-corrected chi connectivity index (χ3v) is 3.89. The van der Waals surface area contributed by atoms with Gasteiger partial charge in [-0.2, -0.15) is 0 Å². The Kier molecular flexibility index (Phi) is 6.28. The lowest BCUT2D eigenvalue weighted by Gasteiger charge is -2.01. The first-order valence-corrected chi connectivity index (χ1v) is 8.44. The van der Waals surface area contributed by atoms with Crippen LogP contribution < -0.4 is 5.32 Å². The average molecular weight is 300 g/mol. The van der Waals surface area contributed by atoms with Crippen LogP contribution in [0.2, 0.25) is 0 Å². The fourth-order valence-corrected chi connectivity index (χ4v) is 2.75. The summed E-state index contributed by atoms with van der Waals surface area (Å²) in [6.07, 6.45) is 0. The summed E-state index contributed by atoms with van der Waals surface area (Å²) in [6.45, 7) is 6.39. The van der Waals surface area contributed by atoms with E-state index >= 15 is 0 Å². The molecule has 0 saturated heterocycles. The Balaban J connectivity index is 0.000000312. The second-order valence-electron chi connectivity index (χ2n) is 3.87. The molecular weight excluding hydrogens is 282 g/mol. The molecule has 0 bridgehead atoms. The zero-order chi connectivity index (χ0) is 14.3. The highest BCUT2D eigenvalue weighted by molar-refractivity contribution is 8.14. The molecule has 0 fully saturated rings. The van der Waals surface area contributed by atoms with Crippen molar-refractivity contribution in [3.63, 3.8) is 0 Å². The third kappa shape index (κ3) is 4.82. The largest absolute Gasteiger partial charge is 0.317 e. The Hall–Kier alpha value is -1.10. The van der Waals surface area contributed by atoms with Gasteiger partial charge < -0.3 is 5.32 Å². The summed E-state index contributed by atoms with van der Waals surface area (Å²) in [6, 6.07) is 12.3. The molecule has 0 spiro atoms. The van der Waals surface area contributed by atoms with Crippen molar-refractivity contribution in [3.8, 4) is 0 Å². The fourth-order valence-electron chi connectivity index (χ4n) is 1.66. The molecule has 0 unspecified atom stereocenters. The van der Waals surface area contributed by atoms with Crippen LogP contribution in [0.5, 0.6) is 0 Å². The number of rotatable bonds is 3. The Morgan fingerprint density at radius 3 is 2.11 bits per heavy atom. The number of benzene rings is 2. The van der Waals surface area contributed by atoms with Crippen LogP contribution in [0.1, 0.15) is 13.8 Å². The monoisotopic (exact) mass is 299 g/mol. The Morgan fingerprint density at radius 2 is 1.58 bits per heavy atom. The minimum absolute atomic E-state index is 0.164. The van der Waals surface area contributed by atoms with Crippen molar-refractivity contribution in [2.24, 2.45) is 0 Å². The molecule has 2 rings (SSSR count). The predicted octanol–water partition coefficient (Wildman–Crippen LogP) is 3.38. The molecule has 0 aliphatic carbocycles. The minimum Gasteiger partial charge on any atom is -0.317 e. The summed E-state index contributed by atoms with van der Waals surface area (Å²) in [5.74, 6) is 0. The number of nitrogens with one attached hydrogen (secondary N) is 1. The van der Waals surface area contributed by atoms with Crippen LogP contribution in [0, 0.1) is 0 Å². The van der Waals surface area contributed by atoms with Gasteiger partial charge in [0, 0.05) is 16.1 Å². The molecule has 0 aromatic heterocycles. The summed E-state index contributed by atoms with van der Waals surface area (Å²) >= 11 is 0. The number of halogens is 1. The van der Waals surface area contributed by atoms with Gasteiger partial charge in [-0.3, -0.25) is 0 Å². The molecule has 5 heteroatoms. The van der Waals surface area contributed by atoms with E-state index in [4.69, 9.17) is 10.7 Å². The Labute approximate surface area is 119 Å². The molecular formula is C14H18ClNO2S. The van der Waals surface area contributed by atoms with Crippen LogP contribution in [-0.2, 0) is 9.05 Å². The number of hydrogen-bond acceptors (Lipinski definition) is 3. The lowest BCUT2D eigenvalue weighted by Crippen LogP contribution is -2.09. The maximum Gasteiger partial charge on any atom is 0.261 e. The predicted molar refractivity (Wildman–Crippen MR) is 81.2 cm³/mol. The van der Waals surface area contributed by atoms with E-state index in [2.05, 4.69) is 19.2 Å². The van der Waals surface area contributed by atoms with E-state index in [1.807, 2.05) is 18.2 Å². The molecule has 0 amide bonds. The highest BCUT2D eigenvalue weighted by Gasteiger charge is 2.12. The van der Waals surface area contributed by atoms with Gasteiger partial charge in [-0.15, -0.1) is 0 Å². The fraction of sp³-hybridized carbons (Fsp3) is 0.286. The van der Waals surface area contributed by atoms with Crippen molar-refractivity contribution in [2.45, 2.75) is 18.7 Å². The highest BCUT2D eigenvalue weighted by Crippen LogP contribution is 2.25. The smallest absolute Gasteiger partial charge is 0.261 e. The van der Waals surface area contributed by atoms with Crippen LogP contribution in [0.15, 0.2) is 47.4 Å². The van der Waals surface area contributed by atoms with Crippen LogP contribution >= 0.6 is 10.7 Å². The summed E-state index contributed by atoms with van der Waals surface area (Å²) < 4.78 is 22.4. The molecule has 0 aliphatic heterocycles. The van der Waals surface area contributed by atoms with E-state index in [1.165, 1.54) is 6.07 Å². The zero-order valence-electron chi connectivity index (χ0n) is 11.1. The molecule has 1 N–H and O–H groups in total. The molecule has 0 radical (unpaired) electrons. The first-order valence-electron chi connectivity index (χ1n) is 6.13. The van der Waals surface area contributed by atoms with Crippen molar-refractivity contribution in [2.75, 3.05) is 13.1 Å². The first kappa shape index (κ1) is 16.0. The van der Waals surface area contributed by atoms with Gasteiger partial charge in [-0.25, -0.2) is 8.42 Å². The van der Waals surface area contributed by atoms with Crippen molar-refractivity contribution in [1.29, 1.82) is 0 Å². The molecule has 0 atom stereocenters. The van der Waals surface area contributed by atoms with Gasteiger partial charge in [0.2, 0.25) is 0 Å². The van der Waals surface area contributed by atoms with Crippen LogP contribution in [0.25, 0.3) is 10.8 Å². The van der Waals surface area contributed by atoms with Gasteiger partial charge >= 0.3 is 0 Å². The molecule has 19 heavy (non-hydrogen) atoms. The first-order chi connectivity index (χ1) is 9.00. The second-order valence-corrected chi connectivity index (χ2v) is 6.41. The quantitative estimate of drug-likeness (QED) is 0.884. The maximum atomic E-state index is 11.2. The lowest BCUT2D eigenvalue weighted by atomic mass is 10.1. The van der Waals surface area contributed by atoms with E-state index in [-0.39, 0.29) is 4.90 Å². The number of hydrogen-bond donors (Lipinski definition) is 1. The van der Waals surface area contributed by atoms with E-state index < -0.39 is 9.05 Å². The van der Waals surface area contributed by atoms with E-state index in [0.29, 0.717) is 5.39 Å². The van der Waals surface area contributed by atoms with Gasteiger partial charge in [-0.1, -0.05) is 50.2 Å². The third-order valence-electron chi connectivity index (χ3n) is 2.51. The minimum atomic E-state index is -3.66. The van der Waals surface area contributed by atoms with Crippen molar-refractivity contribution in [3.05, 3.63) is 42.5 Å². The molecule has 2 aromatic rings. The SMILES string of the molecule is CCNCC.O=S(=O)(Cl)c1cccc2ccccc12. The highest BCUT2D eigenvalue weighted by atomic mass is 35.7. The van der Waals surface area contributed by atoms with Crippen molar-refractivity contribution >= 4 is 30.5 Å². The summed E-state index contributed by atoms with van der Waals surface area (Å²) in [4.78, 5) is 0.164. The summed E-state index contributed by atoms with van der Waals surface area (Å²) in [7, 11) is 1.65. The molecule has 0 heterocycles. The summed E-state index contributed by atoms with van der Waals surface area (Å²) in [5.41, 5.74) is 0. The zero-order valence-corrected chi connectivity index (χ0v) is 12.6. The van der Waals surface area contributed by atoms with Crippen LogP contribution in [-0.4, -0.2) is 21.5 Å². The van der Waals surface area contributed by atoms with Crippen molar-refractivity contribution < 1.29 is 8.42 Å². The van der Waals surface area contributed by atoms with E-state index in [9.17, 15) is 8.42 Å². The number of fused-ring (bicyclic) bond motifs is 1. The molecule has 2 aromatic carbocycles. The Morgan fingerprint density at radius 1 is 1.00 bits per heavy atom. The van der Waals surface area contributed by atoms with Gasteiger partial charge in [-0.05, 0) is 24.5 Å². The normalized spacial score (nSPS) is 10.9. The van der Waals surface area contributed by atoms with Crippen LogP contribution in [0.4, 0.5) is 0 Å². The molecule has 104 valence electrons. The Bertz CT molecular complexity index is 619. The van der Waals surface area contributed by atoms with Crippen LogP contribution in [0.3, 0.4) is 0 Å².